The fourth-order valence-electron chi connectivity index (χ4n) is 1.93. The number of nitrogens with zero attached hydrogens (tertiary/aromatic N) is 1. The second kappa shape index (κ2) is 5.95. The van der Waals surface area contributed by atoms with Crippen molar-refractivity contribution in [1.82, 2.24) is 0 Å². The average molecular weight is 302 g/mol. The largest absolute Gasteiger partial charge is 0.489 e. The molecule has 2 aromatic carbocycles. The van der Waals surface area contributed by atoms with Crippen LogP contribution in [0.5, 0.6) is 5.75 Å². The van der Waals surface area contributed by atoms with Gasteiger partial charge in [-0.2, -0.15) is 5.26 Å². The van der Waals surface area contributed by atoms with Crippen molar-refractivity contribution in [2.45, 2.75) is 18.4 Å². The Morgan fingerprint density at radius 1 is 1.24 bits per heavy atom. The molecule has 108 valence electrons. The van der Waals surface area contributed by atoms with Crippen LogP contribution < -0.4 is 9.88 Å². The van der Waals surface area contributed by atoms with E-state index < -0.39 is 10.0 Å². The number of ether oxygens (including phenoxy) is 1. The third-order valence-electron chi connectivity index (χ3n) is 2.91. The van der Waals surface area contributed by atoms with Gasteiger partial charge in [-0.05, 0) is 48.4 Å². The van der Waals surface area contributed by atoms with Crippen LogP contribution in [-0.2, 0) is 16.6 Å². The third kappa shape index (κ3) is 3.81. The summed E-state index contributed by atoms with van der Waals surface area (Å²) < 4.78 is 28.2. The summed E-state index contributed by atoms with van der Waals surface area (Å²) in [5.74, 6) is 0.544. The Bertz CT molecular complexity index is 808. The zero-order chi connectivity index (χ0) is 15.5. The summed E-state index contributed by atoms with van der Waals surface area (Å²) in [6.07, 6.45) is 0. The van der Waals surface area contributed by atoms with Gasteiger partial charge in [-0.15, -0.1) is 0 Å². The van der Waals surface area contributed by atoms with Crippen LogP contribution in [0.4, 0.5) is 0 Å². The molecule has 0 aliphatic rings. The maximum Gasteiger partial charge on any atom is 0.238 e. The van der Waals surface area contributed by atoms with Gasteiger partial charge in [-0.25, -0.2) is 13.6 Å². The fourth-order valence-corrected chi connectivity index (χ4v) is 2.69. The lowest BCUT2D eigenvalue weighted by molar-refractivity contribution is 0.306. The van der Waals surface area contributed by atoms with E-state index in [-0.39, 0.29) is 4.90 Å². The number of nitrogens with two attached hydrogens (primary N) is 1. The van der Waals surface area contributed by atoms with E-state index in [0.29, 0.717) is 23.5 Å². The summed E-state index contributed by atoms with van der Waals surface area (Å²) in [7, 11) is -3.72. The molecule has 0 fully saturated rings. The van der Waals surface area contributed by atoms with Gasteiger partial charge < -0.3 is 4.74 Å². The van der Waals surface area contributed by atoms with Crippen LogP contribution >= 0.6 is 0 Å². The van der Waals surface area contributed by atoms with Crippen molar-refractivity contribution >= 4 is 10.0 Å². The Morgan fingerprint density at radius 2 is 2.00 bits per heavy atom. The summed E-state index contributed by atoms with van der Waals surface area (Å²) in [5.41, 5.74) is 1.96. The number of aryl methyl sites for hydroxylation is 1. The van der Waals surface area contributed by atoms with Crippen molar-refractivity contribution in [3.05, 3.63) is 59.2 Å². The second-order valence-electron chi connectivity index (χ2n) is 4.57. The molecule has 6 heteroatoms. The van der Waals surface area contributed by atoms with Crippen LogP contribution in [0.1, 0.15) is 16.7 Å². The minimum atomic E-state index is -3.72. The van der Waals surface area contributed by atoms with Crippen molar-refractivity contribution in [2.24, 2.45) is 5.14 Å². The molecule has 2 N–H and O–H groups in total. The molecule has 0 saturated carbocycles. The second-order valence-corrected chi connectivity index (χ2v) is 6.10. The Labute approximate surface area is 123 Å². The molecular weight excluding hydrogens is 288 g/mol. The normalized spacial score (nSPS) is 10.9. The number of rotatable bonds is 4. The van der Waals surface area contributed by atoms with Gasteiger partial charge in [0.2, 0.25) is 10.0 Å². The van der Waals surface area contributed by atoms with Crippen molar-refractivity contribution < 1.29 is 13.2 Å². The first-order valence-electron chi connectivity index (χ1n) is 6.15. The summed E-state index contributed by atoms with van der Waals surface area (Å²) in [4.78, 5) is 0.0846. The van der Waals surface area contributed by atoms with Crippen molar-refractivity contribution in [3.8, 4) is 11.8 Å². The van der Waals surface area contributed by atoms with E-state index in [1.807, 2.05) is 6.07 Å². The van der Waals surface area contributed by atoms with E-state index in [4.69, 9.17) is 15.1 Å². The highest BCUT2D eigenvalue weighted by atomic mass is 32.2. The molecule has 0 unspecified atom stereocenters. The lowest BCUT2D eigenvalue weighted by atomic mass is 10.1. The Balaban J connectivity index is 2.14. The van der Waals surface area contributed by atoms with Crippen molar-refractivity contribution in [3.63, 3.8) is 0 Å². The molecule has 21 heavy (non-hydrogen) atoms. The van der Waals surface area contributed by atoms with E-state index in [1.54, 1.807) is 37.3 Å². The maximum absolute atomic E-state index is 11.3. The highest BCUT2D eigenvalue weighted by molar-refractivity contribution is 7.89. The van der Waals surface area contributed by atoms with E-state index in [2.05, 4.69) is 6.07 Å². The number of primary sulfonamides is 1. The first-order chi connectivity index (χ1) is 9.90. The zero-order valence-corrected chi connectivity index (χ0v) is 12.2. The summed E-state index contributed by atoms with van der Waals surface area (Å²) in [5, 5.41) is 13.9. The van der Waals surface area contributed by atoms with Gasteiger partial charge in [0, 0.05) is 0 Å². The Morgan fingerprint density at radius 3 is 2.62 bits per heavy atom. The standard InChI is InChI=1S/C15H14N2O3S/c1-11-7-14(5-6-15(11)21(17,18)19)20-10-13-4-2-3-12(8-13)9-16/h2-8H,10H2,1H3,(H2,17,18,19). The SMILES string of the molecule is Cc1cc(OCc2cccc(C#N)c2)ccc1S(N)(=O)=O. The highest BCUT2D eigenvalue weighted by Gasteiger charge is 2.11. The minimum absolute atomic E-state index is 0.0846. The molecule has 0 heterocycles. The molecule has 2 aromatic rings. The van der Waals surface area contributed by atoms with Crippen LogP contribution in [0.25, 0.3) is 0 Å². The number of sulfonamides is 1. The highest BCUT2D eigenvalue weighted by Crippen LogP contribution is 2.21. The average Bonchev–Trinajstić information content (AvgIpc) is 2.44. The van der Waals surface area contributed by atoms with Gasteiger partial charge >= 0.3 is 0 Å². The molecule has 0 bridgehead atoms. The maximum atomic E-state index is 11.3. The lowest BCUT2D eigenvalue weighted by Gasteiger charge is -2.09. The molecule has 0 spiro atoms. The van der Waals surface area contributed by atoms with E-state index in [1.165, 1.54) is 6.07 Å². The van der Waals surface area contributed by atoms with Crippen molar-refractivity contribution in [2.75, 3.05) is 0 Å². The molecule has 0 aromatic heterocycles. The predicted octanol–water partition coefficient (Wildman–Crippen LogP) is 2.09. The van der Waals surface area contributed by atoms with Crippen LogP contribution in [0, 0.1) is 18.3 Å². The van der Waals surface area contributed by atoms with E-state index >= 15 is 0 Å². The smallest absolute Gasteiger partial charge is 0.238 e. The number of hydrogen-bond acceptors (Lipinski definition) is 4. The fraction of sp³-hybridized carbons (Fsp3) is 0.133. The molecule has 0 radical (unpaired) electrons. The van der Waals surface area contributed by atoms with Crippen LogP contribution in [0.15, 0.2) is 47.4 Å². The number of benzene rings is 2. The summed E-state index contributed by atoms with van der Waals surface area (Å²) in [6.45, 7) is 1.95. The zero-order valence-electron chi connectivity index (χ0n) is 11.4. The Kier molecular flexibility index (Phi) is 4.26. The molecule has 0 aliphatic heterocycles. The molecule has 5 nitrogen and oxygen atoms in total. The predicted molar refractivity (Wildman–Crippen MR) is 78.0 cm³/mol. The first-order valence-corrected chi connectivity index (χ1v) is 7.70. The van der Waals surface area contributed by atoms with E-state index in [9.17, 15) is 8.42 Å². The quantitative estimate of drug-likeness (QED) is 0.935. The number of hydrogen-bond donors (Lipinski definition) is 1. The Hall–Kier alpha value is -2.36. The monoisotopic (exact) mass is 302 g/mol. The minimum Gasteiger partial charge on any atom is -0.489 e. The molecular formula is C15H14N2O3S. The van der Waals surface area contributed by atoms with Crippen LogP contribution in [0.2, 0.25) is 0 Å². The summed E-state index contributed by atoms with van der Waals surface area (Å²) >= 11 is 0. The summed E-state index contributed by atoms with van der Waals surface area (Å²) in [6, 6.07) is 13.8. The van der Waals surface area contributed by atoms with E-state index in [0.717, 1.165) is 5.56 Å². The van der Waals surface area contributed by atoms with Crippen molar-refractivity contribution in [1.29, 1.82) is 5.26 Å². The third-order valence-corrected chi connectivity index (χ3v) is 3.99. The topological polar surface area (TPSA) is 93.2 Å². The number of nitriles is 1. The van der Waals surface area contributed by atoms with Crippen LogP contribution in [0.3, 0.4) is 0 Å². The molecule has 0 aliphatic carbocycles. The first kappa shape index (κ1) is 15.0. The molecule has 2 rings (SSSR count). The van der Waals surface area contributed by atoms with Gasteiger partial charge in [0.1, 0.15) is 12.4 Å². The van der Waals surface area contributed by atoms with Gasteiger partial charge in [0.25, 0.3) is 0 Å². The lowest BCUT2D eigenvalue weighted by Crippen LogP contribution is -2.13. The van der Waals surface area contributed by atoms with Crippen LogP contribution in [-0.4, -0.2) is 8.42 Å². The van der Waals surface area contributed by atoms with Gasteiger partial charge in [-0.3, -0.25) is 0 Å². The molecule has 0 atom stereocenters. The molecule has 0 amide bonds. The van der Waals surface area contributed by atoms with Gasteiger partial charge in [-0.1, -0.05) is 12.1 Å². The van der Waals surface area contributed by atoms with Gasteiger partial charge in [0.05, 0.1) is 16.5 Å². The molecule has 0 saturated heterocycles. The van der Waals surface area contributed by atoms with Gasteiger partial charge in [0.15, 0.2) is 0 Å².